The zero-order valence-corrected chi connectivity index (χ0v) is 19.3. The quantitative estimate of drug-likeness (QED) is 0.693. The topological polar surface area (TPSA) is 87.1 Å². The SMILES string of the molecule is CC1CN(Cc2csc(NC(=O)CCC(=O)N3CCC(c4ccccc4)=N3)n2)CC(C)O1. The summed E-state index contributed by atoms with van der Waals surface area (Å²) in [5.41, 5.74) is 2.87. The van der Waals surface area contributed by atoms with Gasteiger partial charge < -0.3 is 10.1 Å². The lowest BCUT2D eigenvalue weighted by molar-refractivity contribution is -0.132. The van der Waals surface area contributed by atoms with Gasteiger partial charge in [0.25, 0.3) is 0 Å². The molecule has 2 amide bonds. The van der Waals surface area contributed by atoms with Crippen molar-refractivity contribution in [2.24, 2.45) is 5.10 Å². The number of nitrogens with zero attached hydrogens (tertiary/aromatic N) is 4. The first-order valence-electron chi connectivity index (χ1n) is 11.0. The molecule has 2 unspecified atom stereocenters. The Balaban J connectivity index is 1.22. The van der Waals surface area contributed by atoms with Crippen LogP contribution in [0.15, 0.2) is 40.8 Å². The van der Waals surface area contributed by atoms with Crippen LogP contribution in [0.4, 0.5) is 5.13 Å². The molecule has 1 N–H and O–H groups in total. The summed E-state index contributed by atoms with van der Waals surface area (Å²) in [6.07, 6.45) is 1.37. The number of ether oxygens (including phenoxy) is 1. The summed E-state index contributed by atoms with van der Waals surface area (Å²) in [5, 5.41) is 11.3. The third-order valence-electron chi connectivity index (χ3n) is 5.44. The van der Waals surface area contributed by atoms with Crippen molar-refractivity contribution in [2.75, 3.05) is 25.0 Å². The first-order valence-corrected chi connectivity index (χ1v) is 11.9. The molecule has 0 spiro atoms. The van der Waals surface area contributed by atoms with Gasteiger partial charge in [0, 0.05) is 44.3 Å². The summed E-state index contributed by atoms with van der Waals surface area (Å²) in [7, 11) is 0. The molecule has 0 bridgehead atoms. The summed E-state index contributed by atoms with van der Waals surface area (Å²) >= 11 is 1.41. The van der Waals surface area contributed by atoms with Gasteiger partial charge in [0.15, 0.2) is 5.13 Å². The highest BCUT2D eigenvalue weighted by Gasteiger charge is 2.24. The predicted octanol–water partition coefficient (Wildman–Crippen LogP) is 3.11. The number of anilines is 1. The molecule has 0 radical (unpaired) electrons. The Hall–Kier alpha value is -2.62. The minimum Gasteiger partial charge on any atom is -0.373 e. The number of hydrazone groups is 1. The van der Waals surface area contributed by atoms with Crippen LogP contribution in [-0.2, 0) is 20.9 Å². The maximum absolute atomic E-state index is 12.5. The van der Waals surface area contributed by atoms with Gasteiger partial charge in [-0.25, -0.2) is 9.99 Å². The van der Waals surface area contributed by atoms with E-state index in [2.05, 4.69) is 34.1 Å². The number of nitrogens with one attached hydrogen (secondary N) is 1. The van der Waals surface area contributed by atoms with Gasteiger partial charge in [-0.2, -0.15) is 5.10 Å². The number of benzene rings is 1. The molecule has 1 aromatic heterocycles. The van der Waals surface area contributed by atoms with Crippen LogP contribution < -0.4 is 5.32 Å². The Morgan fingerprint density at radius 2 is 1.91 bits per heavy atom. The Kier molecular flexibility index (Phi) is 7.29. The van der Waals surface area contributed by atoms with Crippen molar-refractivity contribution in [3.8, 4) is 0 Å². The fourth-order valence-electron chi connectivity index (χ4n) is 4.08. The van der Waals surface area contributed by atoms with Crippen molar-refractivity contribution < 1.29 is 14.3 Å². The average Bonchev–Trinajstić information content (AvgIpc) is 3.42. The van der Waals surface area contributed by atoms with E-state index in [1.165, 1.54) is 16.3 Å². The number of hydrogen-bond donors (Lipinski definition) is 1. The second kappa shape index (κ2) is 10.3. The fourth-order valence-corrected chi connectivity index (χ4v) is 4.80. The van der Waals surface area contributed by atoms with Crippen LogP contribution in [0.2, 0.25) is 0 Å². The third-order valence-corrected chi connectivity index (χ3v) is 6.25. The normalized spacial score (nSPS) is 21.4. The van der Waals surface area contributed by atoms with Gasteiger partial charge >= 0.3 is 0 Å². The van der Waals surface area contributed by atoms with E-state index in [0.29, 0.717) is 11.7 Å². The summed E-state index contributed by atoms with van der Waals surface area (Å²) in [6.45, 7) is 7.19. The van der Waals surface area contributed by atoms with Gasteiger partial charge in [0.05, 0.1) is 30.2 Å². The Morgan fingerprint density at radius 1 is 1.16 bits per heavy atom. The number of morpholine rings is 1. The molecule has 4 rings (SSSR count). The van der Waals surface area contributed by atoms with Crippen molar-refractivity contribution in [2.45, 2.75) is 51.9 Å². The molecule has 2 aliphatic heterocycles. The zero-order valence-electron chi connectivity index (χ0n) is 18.5. The number of carbonyl (C=O) groups excluding carboxylic acids is 2. The highest BCUT2D eigenvalue weighted by Crippen LogP contribution is 2.20. The fraction of sp³-hybridized carbons (Fsp3) is 0.478. The van der Waals surface area contributed by atoms with E-state index in [0.717, 1.165) is 43.0 Å². The summed E-state index contributed by atoms with van der Waals surface area (Å²) < 4.78 is 5.77. The first kappa shape index (κ1) is 22.6. The van der Waals surface area contributed by atoms with Crippen molar-refractivity contribution >= 4 is 34.0 Å². The lowest BCUT2D eigenvalue weighted by Crippen LogP contribution is -2.44. The van der Waals surface area contributed by atoms with Crippen LogP contribution in [0.1, 0.15) is 44.4 Å². The van der Waals surface area contributed by atoms with Gasteiger partial charge in [0.1, 0.15) is 0 Å². The van der Waals surface area contributed by atoms with Gasteiger partial charge in [-0.1, -0.05) is 30.3 Å². The predicted molar refractivity (Wildman–Crippen MR) is 125 cm³/mol. The standard InChI is InChI=1S/C23H29N5O3S/c1-16-12-27(13-17(2)31-16)14-19-15-32-23(24-19)25-21(29)8-9-22(30)28-11-10-20(26-28)18-6-4-3-5-7-18/h3-7,15-17H,8-14H2,1-2H3,(H,24,25,29). The van der Waals surface area contributed by atoms with Crippen molar-refractivity contribution in [3.05, 3.63) is 47.0 Å². The molecule has 3 heterocycles. The highest BCUT2D eigenvalue weighted by molar-refractivity contribution is 7.13. The monoisotopic (exact) mass is 455 g/mol. The van der Waals surface area contributed by atoms with Crippen LogP contribution in [-0.4, -0.2) is 64.3 Å². The molecule has 8 nitrogen and oxygen atoms in total. The van der Waals surface area contributed by atoms with Crippen LogP contribution in [0.25, 0.3) is 0 Å². The van der Waals surface area contributed by atoms with Gasteiger partial charge in [-0.15, -0.1) is 11.3 Å². The summed E-state index contributed by atoms with van der Waals surface area (Å²) in [6, 6.07) is 9.85. The number of amides is 2. The maximum atomic E-state index is 12.5. The molecule has 32 heavy (non-hydrogen) atoms. The Morgan fingerprint density at radius 3 is 2.66 bits per heavy atom. The molecular formula is C23H29N5O3S. The number of rotatable bonds is 7. The number of aromatic nitrogens is 1. The van der Waals surface area contributed by atoms with E-state index in [1.807, 2.05) is 35.7 Å². The first-order chi connectivity index (χ1) is 15.5. The highest BCUT2D eigenvalue weighted by atomic mass is 32.1. The molecular weight excluding hydrogens is 426 g/mol. The second-order valence-electron chi connectivity index (χ2n) is 8.32. The second-order valence-corrected chi connectivity index (χ2v) is 9.18. The molecule has 9 heteroatoms. The van der Waals surface area contributed by atoms with E-state index in [-0.39, 0.29) is 36.9 Å². The number of thiazole rings is 1. The van der Waals surface area contributed by atoms with Crippen LogP contribution in [0, 0.1) is 0 Å². The van der Waals surface area contributed by atoms with E-state index >= 15 is 0 Å². The van der Waals surface area contributed by atoms with E-state index in [1.54, 1.807) is 0 Å². The maximum Gasteiger partial charge on any atom is 0.243 e. The lowest BCUT2D eigenvalue weighted by Gasteiger charge is -2.34. The molecule has 0 aliphatic carbocycles. The summed E-state index contributed by atoms with van der Waals surface area (Å²) in [4.78, 5) is 31.6. The van der Waals surface area contributed by atoms with Gasteiger partial charge in [0.2, 0.25) is 11.8 Å². The largest absolute Gasteiger partial charge is 0.373 e. The molecule has 170 valence electrons. The molecule has 2 aromatic rings. The minimum atomic E-state index is -0.209. The van der Waals surface area contributed by atoms with Crippen molar-refractivity contribution in [3.63, 3.8) is 0 Å². The smallest absolute Gasteiger partial charge is 0.243 e. The van der Waals surface area contributed by atoms with E-state index in [4.69, 9.17) is 4.74 Å². The number of carbonyl (C=O) groups is 2. The van der Waals surface area contributed by atoms with Crippen molar-refractivity contribution in [1.82, 2.24) is 14.9 Å². The molecule has 1 aromatic carbocycles. The van der Waals surface area contributed by atoms with Crippen LogP contribution in [0.3, 0.4) is 0 Å². The van der Waals surface area contributed by atoms with Crippen LogP contribution >= 0.6 is 11.3 Å². The van der Waals surface area contributed by atoms with Crippen LogP contribution in [0.5, 0.6) is 0 Å². The zero-order chi connectivity index (χ0) is 22.5. The average molecular weight is 456 g/mol. The Bertz CT molecular complexity index is 967. The molecule has 1 fully saturated rings. The number of hydrogen-bond acceptors (Lipinski definition) is 7. The lowest BCUT2D eigenvalue weighted by atomic mass is 10.1. The molecule has 2 atom stereocenters. The van der Waals surface area contributed by atoms with Crippen molar-refractivity contribution in [1.29, 1.82) is 0 Å². The molecule has 0 saturated carbocycles. The van der Waals surface area contributed by atoms with Gasteiger partial charge in [-0.05, 0) is 19.4 Å². The van der Waals surface area contributed by atoms with Gasteiger partial charge in [-0.3, -0.25) is 14.5 Å². The molecule has 2 aliphatic rings. The minimum absolute atomic E-state index is 0.110. The van der Waals surface area contributed by atoms with E-state index in [9.17, 15) is 9.59 Å². The summed E-state index contributed by atoms with van der Waals surface area (Å²) in [5.74, 6) is -0.346. The van der Waals surface area contributed by atoms with E-state index < -0.39 is 0 Å². The Labute approximate surface area is 192 Å². The molecule has 1 saturated heterocycles. The third kappa shape index (κ3) is 5.99.